The lowest BCUT2D eigenvalue weighted by Crippen LogP contribution is -2.60. The first kappa shape index (κ1) is 41.6. The molecule has 9 N–H and O–H groups in total. The molecule has 0 aromatic rings. The molecule has 0 bridgehead atoms. The molecule has 312 valence electrons. The molecule has 20 atom stereocenters. The average molecular weight is 783 g/mol. The molecule has 0 aromatic carbocycles. The lowest BCUT2D eigenvalue weighted by atomic mass is 9.46. The van der Waals surface area contributed by atoms with Gasteiger partial charge in [-0.15, -0.1) is 0 Å². The number of ether oxygens (including phenoxy) is 5. The minimum Gasteiger partial charge on any atom is -0.458 e. The molecule has 0 amide bonds. The maximum atomic E-state index is 13.4. The second kappa shape index (κ2) is 15.9. The quantitative estimate of drug-likeness (QED) is 0.109. The van der Waals surface area contributed by atoms with Gasteiger partial charge in [0.25, 0.3) is 0 Å². The van der Waals surface area contributed by atoms with Gasteiger partial charge in [-0.2, -0.15) is 0 Å². The second-order valence-electron chi connectivity index (χ2n) is 18.0. The molecule has 0 radical (unpaired) electrons. The number of esters is 1. The standard InChI is InChI=1S/C40H62O15/c1-17-11-26(53-36(50)22(17)16-51-37-34(48)32(46)30(44)27(14-41)54-37)18(2)23-7-8-24-21-6-5-19-12-20(52-38-35(49)33(47)31(45)28(15-42)55-38)13-29(43)40(19,4)25(21)9-10-39(23,24)3/h5,18,20-21,23-35,37-38,41-49H,6-16H2,1-4H3/t18-,20+,21-,23+,24-,25-,26+,27+,28+,29-,30+,31+,32-,33-,34+,35+,37+,38+,39+,40-/m0/s1. The van der Waals surface area contributed by atoms with E-state index in [1.165, 1.54) is 0 Å². The van der Waals surface area contributed by atoms with Crippen LogP contribution >= 0.6 is 0 Å². The number of rotatable bonds is 9. The highest BCUT2D eigenvalue weighted by Gasteiger charge is 2.62. The summed E-state index contributed by atoms with van der Waals surface area (Å²) in [4.78, 5) is 13.4. The highest BCUT2D eigenvalue weighted by Crippen LogP contribution is 2.67. The molecular formula is C40H62O15. The van der Waals surface area contributed by atoms with Crippen LogP contribution in [0.2, 0.25) is 0 Å². The minimum absolute atomic E-state index is 0.0210. The van der Waals surface area contributed by atoms with Crippen LogP contribution in [0.3, 0.4) is 0 Å². The summed E-state index contributed by atoms with van der Waals surface area (Å²) < 4.78 is 29.0. The highest BCUT2D eigenvalue weighted by molar-refractivity contribution is 5.90. The Balaban J connectivity index is 0.993. The number of allylic oxidation sites excluding steroid dienone is 1. The summed E-state index contributed by atoms with van der Waals surface area (Å²) in [7, 11) is 0. The summed E-state index contributed by atoms with van der Waals surface area (Å²) in [5.41, 5.74) is 1.85. The molecule has 7 rings (SSSR count). The van der Waals surface area contributed by atoms with Gasteiger partial charge in [-0.3, -0.25) is 0 Å². The third kappa shape index (κ3) is 7.06. The number of cyclic esters (lactones) is 1. The first-order valence-electron chi connectivity index (χ1n) is 20.2. The maximum absolute atomic E-state index is 13.4. The van der Waals surface area contributed by atoms with Crippen LogP contribution in [-0.2, 0) is 28.5 Å². The summed E-state index contributed by atoms with van der Waals surface area (Å²) in [6, 6.07) is 0. The van der Waals surface area contributed by atoms with Gasteiger partial charge in [0, 0.05) is 18.3 Å². The van der Waals surface area contributed by atoms with Crippen molar-refractivity contribution in [1.29, 1.82) is 0 Å². The van der Waals surface area contributed by atoms with Crippen LogP contribution in [0.1, 0.15) is 79.1 Å². The molecule has 15 nitrogen and oxygen atoms in total. The van der Waals surface area contributed by atoms with E-state index in [1.807, 2.05) is 6.92 Å². The Kier molecular flexibility index (Phi) is 12.0. The van der Waals surface area contributed by atoms with Crippen molar-refractivity contribution < 1.29 is 74.4 Å². The van der Waals surface area contributed by atoms with Crippen LogP contribution in [0.25, 0.3) is 0 Å². The Morgan fingerprint density at radius 3 is 2.11 bits per heavy atom. The van der Waals surface area contributed by atoms with E-state index >= 15 is 0 Å². The summed E-state index contributed by atoms with van der Waals surface area (Å²) in [5.74, 6) is 0.996. The molecule has 7 aliphatic rings. The summed E-state index contributed by atoms with van der Waals surface area (Å²) >= 11 is 0. The van der Waals surface area contributed by atoms with Crippen LogP contribution in [0, 0.1) is 40.4 Å². The Morgan fingerprint density at radius 1 is 0.836 bits per heavy atom. The van der Waals surface area contributed by atoms with Crippen molar-refractivity contribution in [3.8, 4) is 0 Å². The summed E-state index contributed by atoms with van der Waals surface area (Å²) in [5, 5.41) is 92.5. The van der Waals surface area contributed by atoms with E-state index in [1.54, 1.807) is 0 Å². The first-order chi connectivity index (χ1) is 26.0. The van der Waals surface area contributed by atoms with Gasteiger partial charge in [0.1, 0.15) is 54.9 Å². The fourth-order valence-corrected chi connectivity index (χ4v) is 12.0. The van der Waals surface area contributed by atoms with E-state index in [9.17, 15) is 50.8 Å². The average Bonchev–Trinajstić information content (AvgIpc) is 3.51. The molecule has 4 aliphatic carbocycles. The fraction of sp³-hybridized carbons (Fsp3) is 0.875. The normalized spacial score (nSPS) is 50.7. The minimum atomic E-state index is -1.58. The third-order valence-corrected chi connectivity index (χ3v) is 15.4. The Hall–Kier alpha value is -1.57. The van der Waals surface area contributed by atoms with E-state index in [0.29, 0.717) is 42.6 Å². The Bertz CT molecular complexity index is 1470. The molecule has 0 aromatic heterocycles. The van der Waals surface area contributed by atoms with E-state index in [4.69, 9.17) is 23.7 Å². The van der Waals surface area contributed by atoms with Gasteiger partial charge >= 0.3 is 5.97 Å². The number of carbonyl (C=O) groups excluding carboxylic acids is 1. The van der Waals surface area contributed by atoms with E-state index in [0.717, 1.165) is 43.3 Å². The number of aliphatic hydroxyl groups is 9. The number of fused-ring (bicyclic) bond motifs is 5. The van der Waals surface area contributed by atoms with Gasteiger partial charge in [-0.05, 0) is 80.5 Å². The SMILES string of the molecule is CC1=C(CO[C@@H]2O[C@H](CO)[C@@H](O)[C@H](O)[C@H]2O)C(=O)O[C@@H]([C@@H](C)[C@H]2CC[C@H]3[C@@H]4CC=C5C[C@@H](O[C@@H]6O[C@H](CO)[C@@H](O)[C@H](O)[C@H]6O)C[C@H](O)[C@]5(C)[C@H]4CC[C@]23C)C1. The van der Waals surface area contributed by atoms with Gasteiger partial charge < -0.3 is 69.6 Å². The first-order valence-corrected chi connectivity index (χ1v) is 20.2. The molecule has 5 fully saturated rings. The highest BCUT2D eigenvalue weighted by atomic mass is 16.7. The van der Waals surface area contributed by atoms with Gasteiger partial charge in [0.15, 0.2) is 12.6 Å². The topological polar surface area (TPSA) is 245 Å². The van der Waals surface area contributed by atoms with Gasteiger partial charge in [-0.1, -0.05) is 38.0 Å². The van der Waals surface area contributed by atoms with E-state index in [2.05, 4.69) is 26.8 Å². The molecule has 55 heavy (non-hydrogen) atoms. The van der Waals surface area contributed by atoms with Crippen molar-refractivity contribution in [3.05, 3.63) is 22.8 Å². The van der Waals surface area contributed by atoms with Gasteiger partial charge in [0.2, 0.25) is 0 Å². The number of hydrogen-bond donors (Lipinski definition) is 9. The number of carbonyl (C=O) groups is 1. The second-order valence-corrected chi connectivity index (χ2v) is 18.0. The molecule has 0 unspecified atom stereocenters. The Morgan fingerprint density at radius 2 is 1.47 bits per heavy atom. The zero-order valence-corrected chi connectivity index (χ0v) is 32.2. The largest absolute Gasteiger partial charge is 0.458 e. The summed E-state index contributed by atoms with van der Waals surface area (Å²) in [6.45, 7) is 7.30. The smallest absolute Gasteiger partial charge is 0.336 e. The number of hydrogen-bond acceptors (Lipinski definition) is 15. The van der Waals surface area contributed by atoms with Crippen LogP contribution < -0.4 is 0 Å². The van der Waals surface area contributed by atoms with Crippen molar-refractivity contribution >= 4 is 5.97 Å². The van der Waals surface area contributed by atoms with Crippen LogP contribution in [-0.4, -0.2) is 151 Å². The monoisotopic (exact) mass is 782 g/mol. The van der Waals surface area contributed by atoms with Crippen molar-refractivity contribution in [2.75, 3.05) is 19.8 Å². The van der Waals surface area contributed by atoms with Crippen molar-refractivity contribution in [1.82, 2.24) is 0 Å². The molecular weight excluding hydrogens is 720 g/mol. The van der Waals surface area contributed by atoms with Gasteiger partial charge in [-0.25, -0.2) is 4.79 Å². The predicted molar refractivity (Wildman–Crippen MR) is 191 cm³/mol. The van der Waals surface area contributed by atoms with Crippen molar-refractivity contribution in [2.45, 2.75) is 159 Å². The van der Waals surface area contributed by atoms with Crippen LogP contribution in [0.4, 0.5) is 0 Å². The van der Waals surface area contributed by atoms with E-state index in [-0.39, 0.29) is 30.0 Å². The predicted octanol–water partition coefficient (Wildman–Crippen LogP) is -0.194. The third-order valence-electron chi connectivity index (χ3n) is 15.4. The zero-order valence-electron chi connectivity index (χ0n) is 32.2. The zero-order chi connectivity index (χ0) is 39.7. The molecule has 2 saturated heterocycles. The number of aliphatic hydroxyl groups excluding tert-OH is 9. The molecule has 3 saturated carbocycles. The summed E-state index contributed by atoms with van der Waals surface area (Å²) in [6.07, 6.45) is -6.87. The van der Waals surface area contributed by atoms with E-state index < -0.39 is 98.2 Å². The van der Waals surface area contributed by atoms with Crippen LogP contribution in [0.5, 0.6) is 0 Å². The lowest BCUT2D eigenvalue weighted by molar-refractivity contribution is -0.315. The lowest BCUT2D eigenvalue weighted by Gasteiger charge is -2.60. The van der Waals surface area contributed by atoms with Crippen LogP contribution in [0.15, 0.2) is 22.8 Å². The van der Waals surface area contributed by atoms with Crippen molar-refractivity contribution in [2.24, 2.45) is 40.4 Å². The molecule has 3 heterocycles. The molecule has 3 aliphatic heterocycles. The maximum Gasteiger partial charge on any atom is 0.336 e. The molecule has 15 heteroatoms. The Labute approximate surface area is 321 Å². The molecule has 0 spiro atoms. The van der Waals surface area contributed by atoms with Crippen molar-refractivity contribution in [3.63, 3.8) is 0 Å². The van der Waals surface area contributed by atoms with Gasteiger partial charge in [0.05, 0.1) is 37.6 Å². The fourth-order valence-electron chi connectivity index (χ4n) is 12.0.